The zero-order valence-electron chi connectivity index (χ0n) is 12.8. The van der Waals surface area contributed by atoms with Crippen LogP contribution in [0.1, 0.15) is 53.4 Å². The molecule has 0 amide bonds. The fourth-order valence-corrected chi connectivity index (χ4v) is 3.61. The average Bonchev–Trinajstić information content (AvgIpc) is 2.86. The van der Waals surface area contributed by atoms with E-state index in [-0.39, 0.29) is 0 Å². The third kappa shape index (κ3) is 3.46. The second-order valence-electron chi connectivity index (χ2n) is 5.25. The van der Waals surface area contributed by atoms with Crippen molar-refractivity contribution in [3.63, 3.8) is 0 Å². The molecule has 0 bridgehead atoms. The summed E-state index contributed by atoms with van der Waals surface area (Å²) in [5, 5.41) is 3.68. The van der Waals surface area contributed by atoms with E-state index in [9.17, 15) is 0 Å². The van der Waals surface area contributed by atoms with Gasteiger partial charge < -0.3 is 10.1 Å². The lowest BCUT2D eigenvalue weighted by molar-refractivity contribution is 0.0162. The van der Waals surface area contributed by atoms with Gasteiger partial charge >= 0.3 is 0 Å². The van der Waals surface area contributed by atoms with E-state index < -0.39 is 0 Å². The summed E-state index contributed by atoms with van der Waals surface area (Å²) < 4.78 is 5.74. The summed E-state index contributed by atoms with van der Waals surface area (Å²) in [4.78, 5) is 2.66. The average molecular weight is 256 g/mol. The van der Waals surface area contributed by atoms with Crippen LogP contribution < -0.4 is 5.32 Å². The van der Waals surface area contributed by atoms with Gasteiger partial charge in [-0.15, -0.1) is 0 Å². The number of rotatable bonds is 9. The van der Waals surface area contributed by atoms with E-state index in [1.807, 2.05) is 0 Å². The predicted molar refractivity (Wildman–Crippen MR) is 78.1 cm³/mol. The summed E-state index contributed by atoms with van der Waals surface area (Å²) in [6.45, 7) is 13.8. The zero-order chi connectivity index (χ0) is 13.4. The number of likely N-dealkylation sites (N-methyl/N-ethyl adjacent to an activating group) is 2. The topological polar surface area (TPSA) is 24.5 Å². The maximum absolute atomic E-state index is 5.74. The molecule has 0 aliphatic heterocycles. The summed E-state index contributed by atoms with van der Waals surface area (Å²) in [5.74, 6) is 0. The largest absolute Gasteiger partial charge is 0.380 e. The summed E-state index contributed by atoms with van der Waals surface area (Å²) in [7, 11) is 0. The molecule has 1 fully saturated rings. The molecule has 1 aliphatic rings. The van der Waals surface area contributed by atoms with Crippen LogP contribution in [-0.4, -0.2) is 49.3 Å². The zero-order valence-corrected chi connectivity index (χ0v) is 12.8. The number of nitrogens with zero attached hydrogens (tertiary/aromatic N) is 1. The first-order valence-corrected chi connectivity index (χ1v) is 7.81. The fourth-order valence-electron chi connectivity index (χ4n) is 3.61. The maximum atomic E-state index is 5.74. The van der Waals surface area contributed by atoms with Crippen LogP contribution in [0.3, 0.4) is 0 Å². The van der Waals surface area contributed by atoms with Gasteiger partial charge in [0.15, 0.2) is 0 Å². The Kier molecular flexibility index (Phi) is 7.20. The molecule has 1 atom stereocenters. The monoisotopic (exact) mass is 256 g/mol. The van der Waals surface area contributed by atoms with Crippen molar-refractivity contribution in [2.24, 2.45) is 0 Å². The van der Waals surface area contributed by atoms with Crippen LogP contribution in [0.5, 0.6) is 0 Å². The molecule has 3 nitrogen and oxygen atoms in total. The van der Waals surface area contributed by atoms with E-state index in [2.05, 4.69) is 37.9 Å². The summed E-state index contributed by atoms with van der Waals surface area (Å²) in [5.41, 5.74) is 0.328. The van der Waals surface area contributed by atoms with Crippen LogP contribution >= 0.6 is 0 Å². The lowest BCUT2D eigenvalue weighted by atomic mass is 9.86. The number of ether oxygens (including phenoxy) is 1. The van der Waals surface area contributed by atoms with E-state index in [1.54, 1.807) is 0 Å². The van der Waals surface area contributed by atoms with Gasteiger partial charge in [0.25, 0.3) is 0 Å². The highest BCUT2D eigenvalue weighted by Crippen LogP contribution is 2.38. The Hall–Kier alpha value is -0.120. The van der Waals surface area contributed by atoms with Gasteiger partial charge in [0.1, 0.15) is 0 Å². The second kappa shape index (κ2) is 8.13. The van der Waals surface area contributed by atoms with Crippen LogP contribution in [0.25, 0.3) is 0 Å². The van der Waals surface area contributed by atoms with Gasteiger partial charge in [-0.05, 0) is 39.4 Å². The van der Waals surface area contributed by atoms with Gasteiger partial charge in [-0.1, -0.05) is 33.6 Å². The number of nitrogens with one attached hydrogen (secondary N) is 1. The van der Waals surface area contributed by atoms with Crippen molar-refractivity contribution in [3.8, 4) is 0 Å². The first-order chi connectivity index (χ1) is 8.75. The normalized spacial score (nSPS) is 20.5. The fraction of sp³-hybridized carbons (Fsp3) is 1.00. The van der Waals surface area contributed by atoms with Crippen LogP contribution in [0.4, 0.5) is 0 Å². The summed E-state index contributed by atoms with van der Waals surface area (Å²) >= 11 is 0. The molecule has 108 valence electrons. The molecular weight excluding hydrogens is 224 g/mol. The summed E-state index contributed by atoms with van der Waals surface area (Å²) in [6.07, 6.45) is 5.37. The van der Waals surface area contributed by atoms with Gasteiger partial charge in [0.2, 0.25) is 0 Å². The smallest absolute Gasteiger partial charge is 0.0637 e. The number of hydrogen-bond donors (Lipinski definition) is 1. The molecule has 1 saturated carbocycles. The van der Waals surface area contributed by atoms with Gasteiger partial charge in [0, 0.05) is 18.2 Å². The van der Waals surface area contributed by atoms with E-state index in [0.29, 0.717) is 11.6 Å². The Morgan fingerprint density at radius 1 is 1.11 bits per heavy atom. The van der Waals surface area contributed by atoms with Gasteiger partial charge in [-0.2, -0.15) is 0 Å². The van der Waals surface area contributed by atoms with E-state index in [0.717, 1.165) is 32.8 Å². The Morgan fingerprint density at radius 2 is 1.72 bits per heavy atom. The van der Waals surface area contributed by atoms with Gasteiger partial charge in [0.05, 0.1) is 6.61 Å². The first-order valence-electron chi connectivity index (χ1n) is 7.81. The van der Waals surface area contributed by atoms with Crippen LogP contribution in [0.15, 0.2) is 0 Å². The molecule has 1 N–H and O–H groups in total. The molecule has 18 heavy (non-hydrogen) atoms. The molecule has 0 radical (unpaired) electrons. The standard InChI is InChI=1S/C15H32N2O/c1-5-16-14(13-18-8-4)15(11-9-10-12-15)17(6-2)7-3/h14,16H,5-13H2,1-4H3. The van der Waals surface area contributed by atoms with Gasteiger partial charge in [-0.3, -0.25) is 4.90 Å². The quantitative estimate of drug-likeness (QED) is 0.686. The third-order valence-corrected chi connectivity index (χ3v) is 4.45. The molecule has 3 heteroatoms. The lowest BCUT2D eigenvalue weighted by Crippen LogP contribution is -2.61. The molecule has 0 spiro atoms. The van der Waals surface area contributed by atoms with E-state index in [4.69, 9.17) is 4.74 Å². The Labute approximate surface area is 113 Å². The Bertz CT molecular complexity index is 211. The van der Waals surface area contributed by atoms with Crippen LogP contribution in [0, 0.1) is 0 Å². The molecule has 1 rings (SSSR count). The van der Waals surface area contributed by atoms with Crippen LogP contribution in [-0.2, 0) is 4.74 Å². The molecule has 0 aromatic carbocycles. The van der Waals surface area contributed by atoms with Crippen molar-refractivity contribution in [3.05, 3.63) is 0 Å². The SMILES string of the molecule is CCNC(COCC)C1(N(CC)CC)CCCC1. The predicted octanol–water partition coefficient (Wildman–Crippen LogP) is 2.66. The highest BCUT2D eigenvalue weighted by atomic mass is 16.5. The van der Waals surface area contributed by atoms with Crippen molar-refractivity contribution < 1.29 is 4.74 Å². The lowest BCUT2D eigenvalue weighted by Gasteiger charge is -2.46. The van der Waals surface area contributed by atoms with Crippen LogP contribution in [0.2, 0.25) is 0 Å². The van der Waals surface area contributed by atoms with Crippen molar-refractivity contribution in [2.45, 2.75) is 65.0 Å². The van der Waals surface area contributed by atoms with Crippen molar-refractivity contribution in [1.82, 2.24) is 10.2 Å². The highest BCUT2D eigenvalue weighted by Gasteiger charge is 2.44. The van der Waals surface area contributed by atoms with E-state index in [1.165, 1.54) is 25.7 Å². The minimum atomic E-state index is 0.328. The second-order valence-corrected chi connectivity index (χ2v) is 5.25. The van der Waals surface area contributed by atoms with Crippen molar-refractivity contribution >= 4 is 0 Å². The molecule has 1 unspecified atom stereocenters. The minimum absolute atomic E-state index is 0.328. The molecule has 0 aromatic rings. The first kappa shape index (κ1) is 15.9. The number of hydrogen-bond acceptors (Lipinski definition) is 3. The highest BCUT2D eigenvalue weighted by molar-refractivity contribution is 5.03. The van der Waals surface area contributed by atoms with E-state index >= 15 is 0 Å². The molecular formula is C15H32N2O. The minimum Gasteiger partial charge on any atom is -0.380 e. The molecule has 0 aromatic heterocycles. The van der Waals surface area contributed by atoms with Crippen molar-refractivity contribution in [2.75, 3.05) is 32.8 Å². The molecule has 0 heterocycles. The third-order valence-electron chi connectivity index (χ3n) is 4.45. The van der Waals surface area contributed by atoms with Gasteiger partial charge in [-0.25, -0.2) is 0 Å². The Morgan fingerprint density at radius 3 is 2.17 bits per heavy atom. The van der Waals surface area contributed by atoms with Crippen molar-refractivity contribution in [1.29, 1.82) is 0 Å². The molecule has 1 aliphatic carbocycles. The summed E-state index contributed by atoms with van der Waals surface area (Å²) in [6, 6.07) is 0.477. The Balaban J connectivity index is 2.83. The molecule has 0 saturated heterocycles. The maximum Gasteiger partial charge on any atom is 0.0637 e.